The Morgan fingerprint density at radius 1 is 0.762 bits per heavy atom. The first-order valence-corrected chi connectivity index (χ1v) is 16.3. The number of benzene rings is 3. The molecule has 4 rings (SSSR count). The van der Waals surface area contributed by atoms with Gasteiger partial charge in [-0.1, -0.05) is 93.6 Å². The van der Waals surface area contributed by atoms with Crippen molar-refractivity contribution in [2.45, 2.75) is 61.8 Å². The van der Waals surface area contributed by atoms with E-state index in [9.17, 15) is 0 Å². The molecular formula is C39H47O2Ti. The van der Waals surface area contributed by atoms with Crippen molar-refractivity contribution in [1.29, 1.82) is 0 Å². The first kappa shape index (κ1) is 33.3. The Bertz CT molecular complexity index is 1440. The van der Waals surface area contributed by atoms with Gasteiger partial charge >= 0.3 is 90.6 Å². The van der Waals surface area contributed by atoms with E-state index in [1.54, 1.807) is 14.8 Å². The maximum absolute atomic E-state index is 6.42. The van der Waals surface area contributed by atoms with Crippen LogP contribution in [0.4, 0.5) is 0 Å². The summed E-state index contributed by atoms with van der Waals surface area (Å²) in [5, 5.41) is 0. The van der Waals surface area contributed by atoms with Crippen LogP contribution in [0.3, 0.4) is 0 Å². The van der Waals surface area contributed by atoms with Gasteiger partial charge in [0.05, 0.1) is 7.11 Å². The Morgan fingerprint density at radius 3 is 1.86 bits per heavy atom. The Balaban J connectivity index is 0.000000312. The quantitative estimate of drug-likeness (QED) is 0.154. The summed E-state index contributed by atoms with van der Waals surface area (Å²) in [6.45, 7) is 18.0. The molecular weight excluding hydrogens is 548 g/mol. The summed E-state index contributed by atoms with van der Waals surface area (Å²) in [5.74, 6) is 2.55. The van der Waals surface area contributed by atoms with Gasteiger partial charge in [0, 0.05) is 11.1 Å². The molecule has 3 aromatic rings. The van der Waals surface area contributed by atoms with Gasteiger partial charge in [0.2, 0.25) is 0 Å². The molecule has 0 bridgehead atoms. The van der Waals surface area contributed by atoms with Crippen molar-refractivity contribution in [3.05, 3.63) is 129 Å². The predicted molar refractivity (Wildman–Crippen MR) is 179 cm³/mol. The van der Waals surface area contributed by atoms with Crippen LogP contribution < -0.4 is 9.47 Å². The van der Waals surface area contributed by atoms with Crippen molar-refractivity contribution in [3.63, 3.8) is 0 Å². The van der Waals surface area contributed by atoms with E-state index in [1.807, 2.05) is 60.7 Å². The molecule has 219 valence electrons. The van der Waals surface area contributed by atoms with Crippen LogP contribution in [0.1, 0.15) is 72.9 Å². The van der Waals surface area contributed by atoms with Crippen molar-refractivity contribution in [2.75, 3.05) is 7.11 Å². The summed E-state index contributed by atoms with van der Waals surface area (Å²) in [5.41, 5.74) is 5.06. The Hall–Kier alpha value is -3.20. The van der Waals surface area contributed by atoms with Crippen LogP contribution in [0.25, 0.3) is 11.8 Å². The van der Waals surface area contributed by atoms with Gasteiger partial charge in [-0.3, -0.25) is 0 Å². The van der Waals surface area contributed by atoms with Crippen LogP contribution in [0.5, 0.6) is 11.5 Å². The summed E-state index contributed by atoms with van der Waals surface area (Å²) in [6.07, 6.45) is 10.3. The summed E-state index contributed by atoms with van der Waals surface area (Å²) >= 11 is 0.0803. The molecule has 0 aliphatic heterocycles. The Labute approximate surface area is 263 Å². The van der Waals surface area contributed by atoms with Gasteiger partial charge in [-0.05, 0) is 35.2 Å². The SMILES string of the molecule is COc1ccc(C=CC(=C(Oc2ccccc2)c2ccccc2)C(C)(C)C)cc1.C[C](C)=[Ti][C]1=CC(C(C)(C)C)=CC1. The van der Waals surface area contributed by atoms with Crippen LogP contribution in [0.15, 0.2) is 118 Å². The van der Waals surface area contributed by atoms with Crippen LogP contribution >= 0.6 is 0 Å². The fourth-order valence-corrected chi connectivity index (χ4v) is 6.16. The number of hydrogen-bond acceptors (Lipinski definition) is 2. The number of para-hydroxylation sites is 1. The van der Waals surface area contributed by atoms with Crippen LogP contribution in [-0.4, -0.2) is 10.9 Å². The second-order valence-electron chi connectivity index (χ2n) is 12.8. The molecule has 2 nitrogen and oxygen atoms in total. The van der Waals surface area contributed by atoms with Gasteiger partial charge in [-0.25, -0.2) is 0 Å². The van der Waals surface area contributed by atoms with Gasteiger partial charge in [-0.15, -0.1) is 0 Å². The molecule has 0 amide bonds. The van der Waals surface area contributed by atoms with Crippen molar-refractivity contribution < 1.29 is 28.2 Å². The normalized spacial score (nSPS) is 13.7. The standard InChI is InChI=1S/C27H28O2.C9H13.C3H6.Ti/c1-27(2,3)25(20-17-21-15-18-23(28-4)19-16-21)26(22-11-7-5-8-12-22)29-24-13-9-6-10-14-24;1-9(2,3)8-6-4-5-7-8;1-3-2;/h5-20H,1-4H3;6-7H,4H2,1-3H3;1-2H3;. The summed E-state index contributed by atoms with van der Waals surface area (Å²) in [7, 11) is 1.68. The van der Waals surface area contributed by atoms with E-state index in [0.717, 1.165) is 34.0 Å². The van der Waals surface area contributed by atoms with E-state index < -0.39 is 0 Å². The zero-order chi connectivity index (χ0) is 30.8. The molecule has 42 heavy (non-hydrogen) atoms. The van der Waals surface area contributed by atoms with E-state index in [0.29, 0.717) is 5.41 Å². The molecule has 0 aromatic heterocycles. The number of rotatable bonds is 7. The number of ether oxygens (including phenoxy) is 2. The third-order valence-electron chi connectivity index (χ3n) is 6.76. The van der Waals surface area contributed by atoms with Crippen molar-refractivity contribution in [2.24, 2.45) is 10.8 Å². The molecule has 0 heterocycles. The molecule has 0 saturated carbocycles. The third-order valence-corrected chi connectivity index (χ3v) is 8.58. The average Bonchev–Trinajstić information content (AvgIpc) is 3.42. The molecule has 0 unspecified atom stereocenters. The molecule has 0 N–H and O–H groups in total. The van der Waals surface area contributed by atoms with Gasteiger partial charge in [0.15, 0.2) is 0 Å². The first-order chi connectivity index (χ1) is 19.9. The summed E-state index contributed by atoms with van der Waals surface area (Å²) < 4.78 is 15.0. The van der Waals surface area contributed by atoms with E-state index >= 15 is 0 Å². The van der Waals surface area contributed by atoms with E-state index in [1.165, 1.54) is 12.0 Å². The topological polar surface area (TPSA) is 18.5 Å². The molecule has 0 atom stereocenters. The van der Waals surface area contributed by atoms with Gasteiger partial charge in [0.25, 0.3) is 0 Å². The maximum atomic E-state index is 6.42. The monoisotopic (exact) mass is 595 g/mol. The van der Waals surface area contributed by atoms with Crippen molar-refractivity contribution in [1.82, 2.24) is 0 Å². The molecule has 1 aliphatic rings. The number of hydrogen-bond donors (Lipinski definition) is 0. The second kappa shape index (κ2) is 15.3. The van der Waals surface area contributed by atoms with Gasteiger partial charge < -0.3 is 9.47 Å². The van der Waals surface area contributed by atoms with E-state index in [2.05, 4.69) is 104 Å². The fourth-order valence-electron chi connectivity index (χ4n) is 4.48. The summed E-state index contributed by atoms with van der Waals surface area (Å²) in [4.78, 5) is 0. The fraction of sp³-hybridized carbons (Fsp3) is 0.308. The molecule has 3 heteroatoms. The molecule has 0 saturated heterocycles. The van der Waals surface area contributed by atoms with E-state index in [4.69, 9.17) is 9.47 Å². The zero-order valence-corrected chi connectivity index (χ0v) is 28.5. The third kappa shape index (κ3) is 10.6. The molecule has 1 aliphatic carbocycles. The summed E-state index contributed by atoms with van der Waals surface area (Å²) in [6, 6.07) is 28.3. The van der Waals surface area contributed by atoms with Crippen molar-refractivity contribution in [3.8, 4) is 11.5 Å². The molecule has 0 spiro atoms. The molecule has 0 radical (unpaired) electrons. The zero-order valence-electron chi connectivity index (χ0n) is 26.9. The Morgan fingerprint density at radius 2 is 1.36 bits per heavy atom. The van der Waals surface area contributed by atoms with Crippen LogP contribution in [-0.2, 0) is 18.7 Å². The average molecular weight is 596 g/mol. The van der Waals surface area contributed by atoms with Crippen molar-refractivity contribution >= 4 is 15.6 Å². The number of allylic oxidation sites excluding steroid dienone is 6. The Kier molecular flexibility index (Phi) is 12.2. The van der Waals surface area contributed by atoms with Gasteiger partial charge in [-0.2, -0.15) is 0 Å². The van der Waals surface area contributed by atoms with Crippen LogP contribution in [0, 0.1) is 10.8 Å². The van der Waals surface area contributed by atoms with E-state index in [-0.39, 0.29) is 24.1 Å². The molecule has 0 fully saturated rings. The predicted octanol–water partition coefficient (Wildman–Crippen LogP) is 10.8. The minimum atomic E-state index is -0.108. The van der Waals surface area contributed by atoms with Crippen LogP contribution in [0.2, 0.25) is 0 Å². The molecule has 3 aromatic carbocycles. The minimum absolute atomic E-state index is 0.0803. The number of methoxy groups -OCH3 is 1. The first-order valence-electron chi connectivity index (χ1n) is 14.7. The second-order valence-corrected chi connectivity index (χ2v) is 15.7. The van der Waals surface area contributed by atoms with Gasteiger partial charge in [0.1, 0.15) is 17.3 Å².